The number of rotatable bonds is 8. The van der Waals surface area contributed by atoms with Crippen LogP contribution in [0.4, 0.5) is 26.3 Å². The number of amides is 1. The number of ether oxygens (including phenoxy) is 3. The molecule has 0 atom stereocenters. The summed E-state index contributed by atoms with van der Waals surface area (Å²) in [6, 6.07) is 0.0218. The van der Waals surface area contributed by atoms with Crippen LogP contribution in [0.5, 0.6) is 0 Å². The van der Waals surface area contributed by atoms with Gasteiger partial charge in [-0.15, -0.1) is 36.5 Å². The lowest BCUT2D eigenvalue weighted by Gasteiger charge is -2.57. The Kier molecular flexibility index (Phi) is 6.27. The van der Waals surface area contributed by atoms with Gasteiger partial charge in [-0.3, -0.25) is 14.3 Å². The second-order valence-corrected chi connectivity index (χ2v) is 10.2. The lowest BCUT2D eigenvalue weighted by molar-refractivity contribution is -0.357. The summed E-state index contributed by atoms with van der Waals surface area (Å²) in [5, 5.41) is 11.0. The molecule has 4 fully saturated rings. The standard InChI is InChI=1S/C21H25F6N3O5/c22-20(23,24)34-14-1-10(2-14)17-29-30-18(33-17)11-5-19(6-11)7-12(8-19)28-16(31)9-32-13-3-15(4-13)35-21(25,26)27/h10-15H,1-9H2,(H,28,31)/t10-,11?,12?,13-,14-,15-,19?. The predicted octanol–water partition coefficient (Wildman–Crippen LogP) is 4.08. The number of nitrogens with one attached hydrogen (secondary N) is 1. The Morgan fingerprint density at radius 1 is 0.857 bits per heavy atom. The van der Waals surface area contributed by atoms with E-state index in [1.807, 2.05) is 0 Å². The summed E-state index contributed by atoms with van der Waals surface area (Å²) in [5.41, 5.74) is 0.107. The molecule has 1 spiro atoms. The summed E-state index contributed by atoms with van der Waals surface area (Å²) in [4.78, 5) is 12.1. The molecule has 0 radical (unpaired) electrons. The molecule has 14 heteroatoms. The molecule has 4 aliphatic rings. The first-order valence-electron chi connectivity index (χ1n) is 11.6. The summed E-state index contributed by atoms with van der Waals surface area (Å²) < 4.78 is 92.0. The van der Waals surface area contributed by atoms with Crippen LogP contribution in [0.25, 0.3) is 0 Å². The van der Waals surface area contributed by atoms with Crippen molar-refractivity contribution in [3.05, 3.63) is 11.8 Å². The van der Waals surface area contributed by atoms with E-state index in [1.165, 1.54) is 0 Å². The topological polar surface area (TPSA) is 95.7 Å². The van der Waals surface area contributed by atoms with Gasteiger partial charge >= 0.3 is 12.7 Å². The molecule has 1 heterocycles. The van der Waals surface area contributed by atoms with Gasteiger partial charge in [-0.25, -0.2) is 0 Å². The Labute approximate surface area is 196 Å². The van der Waals surface area contributed by atoms with Crippen LogP contribution in [0.15, 0.2) is 4.42 Å². The van der Waals surface area contributed by atoms with E-state index >= 15 is 0 Å². The average Bonchev–Trinajstić information content (AvgIpc) is 3.07. The SMILES string of the molecule is O=C(CO[C@H]1C[C@H](OC(F)(F)F)C1)NC1CC2(C1)CC(c1nnc([C@H]3C[C@H](OC(F)(F)F)C3)o1)C2. The van der Waals surface area contributed by atoms with Crippen LogP contribution in [0.3, 0.4) is 0 Å². The summed E-state index contributed by atoms with van der Waals surface area (Å²) >= 11 is 0. The molecule has 35 heavy (non-hydrogen) atoms. The molecule has 5 rings (SSSR count). The number of carbonyl (C=O) groups is 1. The number of halogens is 6. The van der Waals surface area contributed by atoms with E-state index in [1.54, 1.807) is 0 Å². The lowest BCUT2D eigenvalue weighted by atomic mass is 9.50. The molecule has 1 amide bonds. The van der Waals surface area contributed by atoms with Crippen LogP contribution in [0.2, 0.25) is 0 Å². The second kappa shape index (κ2) is 8.87. The quantitative estimate of drug-likeness (QED) is 0.524. The zero-order chi connectivity index (χ0) is 25.0. The molecule has 1 N–H and O–H groups in total. The van der Waals surface area contributed by atoms with Crippen LogP contribution < -0.4 is 5.32 Å². The highest BCUT2D eigenvalue weighted by molar-refractivity contribution is 5.77. The van der Waals surface area contributed by atoms with Crippen molar-refractivity contribution in [3.63, 3.8) is 0 Å². The monoisotopic (exact) mass is 513 g/mol. The third-order valence-electron chi connectivity index (χ3n) is 7.43. The summed E-state index contributed by atoms with van der Waals surface area (Å²) in [7, 11) is 0. The normalized spacial score (nSPS) is 36.6. The maximum atomic E-state index is 12.2. The number of hydrogen-bond donors (Lipinski definition) is 1. The molecule has 0 bridgehead atoms. The van der Waals surface area contributed by atoms with E-state index in [0.717, 1.165) is 25.7 Å². The first-order valence-corrected chi connectivity index (χ1v) is 11.6. The zero-order valence-electron chi connectivity index (χ0n) is 18.5. The van der Waals surface area contributed by atoms with Crippen molar-refractivity contribution in [3.8, 4) is 0 Å². The highest BCUT2D eigenvalue weighted by Gasteiger charge is 2.55. The minimum Gasteiger partial charge on any atom is -0.425 e. The number of hydrogen-bond acceptors (Lipinski definition) is 7. The molecule has 1 aromatic rings. The minimum absolute atomic E-state index is 0.0218. The summed E-state index contributed by atoms with van der Waals surface area (Å²) in [5.74, 6) is 0.440. The van der Waals surface area contributed by atoms with Gasteiger partial charge in [0.1, 0.15) is 6.61 Å². The van der Waals surface area contributed by atoms with Gasteiger partial charge in [0, 0.05) is 30.7 Å². The smallest absolute Gasteiger partial charge is 0.425 e. The molecular weight excluding hydrogens is 488 g/mol. The van der Waals surface area contributed by atoms with Crippen LogP contribution in [0, 0.1) is 5.41 Å². The molecule has 196 valence electrons. The number of carbonyl (C=O) groups excluding carboxylic acids is 1. The van der Waals surface area contributed by atoms with Crippen molar-refractivity contribution in [1.29, 1.82) is 0 Å². The predicted molar refractivity (Wildman–Crippen MR) is 103 cm³/mol. The summed E-state index contributed by atoms with van der Waals surface area (Å²) in [6.45, 7) is -0.198. The Balaban J connectivity index is 0.955. The first-order chi connectivity index (χ1) is 16.3. The number of aromatic nitrogens is 2. The third kappa shape index (κ3) is 5.91. The minimum atomic E-state index is -4.66. The van der Waals surface area contributed by atoms with Crippen molar-refractivity contribution in [2.75, 3.05) is 6.61 Å². The van der Waals surface area contributed by atoms with E-state index in [2.05, 4.69) is 25.0 Å². The van der Waals surface area contributed by atoms with Crippen molar-refractivity contribution < 1.29 is 49.8 Å². The molecule has 0 saturated heterocycles. The fourth-order valence-electron chi connectivity index (χ4n) is 5.61. The Hall–Kier alpha value is -1.93. The molecule has 0 aliphatic heterocycles. The fourth-order valence-corrected chi connectivity index (χ4v) is 5.61. The Morgan fingerprint density at radius 2 is 1.40 bits per heavy atom. The van der Waals surface area contributed by atoms with Gasteiger partial charge in [0.05, 0.1) is 18.3 Å². The van der Waals surface area contributed by atoms with Crippen molar-refractivity contribution in [1.82, 2.24) is 15.5 Å². The van der Waals surface area contributed by atoms with E-state index in [-0.39, 0.29) is 61.5 Å². The average molecular weight is 513 g/mol. The van der Waals surface area contributed by atoms with Gasteiger partial charge in [-0.1, -0.05) is 0 Å². The highest BCUT2D eigenvalue weighted by atomic mass is 19.4. The lowest BCUT2D eigenvalue weighted by Crippen LogP contribution is -2.56. The van der Waals surface area contributed by atoms with Crippen LogP contribution in [0.1, 0.15) is 75.0 Å². The van der Waals surface area contributed by atoms with Crippen LogP contribution >= 0.6 is 0 Å². The zero-order valence-corrected chi connectivity index (χ0v) is 18.5. The van der Waals surface area contributed by atoms with Gasteiger partial charge in [0.2, 0.25) is 17.7 Å². The van der Waals surface area contributed by atoms with Crippen molar-refractivity contribution in [2.24, 2.45) is 5.41 Å². The Morgan fingerprint density at radius 3 is 1.97 bits per heavy atom. The number of alkyl halides is 6. The maximum Gasteiger partial charge on any atom is 0.522 e. The van der Waals surface area contributed by atoms with E-state index < -0.39 is 31.0 Å². The number of nitrogens with zero attached hydrogens (tertiary/aromatic N) is 2. The largest absolute Gasteiger partial charge is 0.522 e. The van der Waals surface area contributed by atoms with Gasteiger partial charge in [-0.05, 0) is 43.9 Å². The Bertz CT molecular complexity index is 911. The second-order valence-electron chi connectivity index (χ2n) is 10.2. The van der Waals surface area contributed by atoms with Crippen molar-refractivity contribution >= 4 is 5.91 Å². The summed E-state index contributed by atoms with van der Waals surface area (Å²) in [6.07, 6.45) is -7.58. The van der Waals surface area contributed by atoms with Crippen LogP contribution in [-0.4, -0.2) is 59.8 Å². The van der Waals surface area contributed by atoms with E-state index in [4.69, 9.17) is 9.15 Å². The van der Waals surface area contributed by atoms with Gasteiger partial charge in [-0.2, -0.15) is 0 Å². The highest BCUT2D eigenvalue weighted by Crippen LogP contribution is 2.61. The van der Waals surface area contributed by atoms with Gasteiger partial charge in [0.25, 0.3) is 0 Å². The molecule has 0 unspecified atom stereocenters. The third-order valence-corrected chi connectivity index (χ3v) is 7.43. The van der Waals surface area contributed by atoms with Gasteiger partial charge in [0.15, 0.2) is 0 Å². The first kappa shape index (κ1) is 24.8. The molecular formula is C21H25F6N3O5. The van der Waals surface area contributed by atoms with Crippen molar-refractivity contribution in [2.45, 2.75) is 100 Å². The van der Waals surface area contributed by atoms with E-state index in [9.17, 15) is 31.1 Å². The molecule has 1 aromatic heterocycles. The van der Waals surface area contributed by atoms with E-state index in [0.29, 0.717) is 11.8 Å². The molecule has 4 aliphatic carbocycles. The van der Waals surface area contributed by atoms with Crippen LogP contribution in [-0.2, 0) is 19.0 Å². The molecule has 8 nitrogen and oxygen atoms in total. The molecule has 0 aromatic carbocycles. The fraction of sp³-hybridized carbons (Fsp3) is 0.857. The maximum absolute atomic E-state index is 12.2. The molecule has 4 saturated carbocycles. The van der Waals surface area contributed by atoms with Gasteiger partial charge < -0.3 is 14.5 Å².